The quantitative estimate of drug-likeness (QED) is 0.605. The molecule has 1 fully saturated rings. The highest BCUT2D eigenvalue weighted by molar-refractivity contribution is 5.83. The van der Waals surface area contributed by atoms with Crippen molar-refractivity contribution in [1.29, 1.82) is 0 Å². The van der Waals surface area contributed by atoms with Gasteiger partial charge in [0, 0.05) is 19.6 Å². The van der Waals surface area contributed by atoms with Gasteiger partial charge in [-0.15, -0.1) is 0 Å². The molecule has 2 atom stereocenters. The Balaban J connectivity index is 2.19. The molecule has 70 valence electrons. The van der Waals surface area contributed by atoms with Crippen molar-refractivity contribution in [2.75, 3.05) is 20.3 Å². The number of hydrogen-bond donors (Lipinski definition) is 1. The summed E-state index contributed by atoms with van der Waals surface area (Å²) in [5.74, 6) is -0.00129. The molecule has 4 nitrogen and oxygen atoms in total. The third kappa shape index (κ3) is 2.46. The van der Waals surface area contributed by atoms with Gasteiger partial charge >= 0.3 is 0 Å². The van der Waals surface area contributed by atoms with Crippen LogP contribution < -0.4 is 5.32 Å². The molecule has 4 heteroatoms. The molecule has 0 aromatic heterocycles. The maximum Gasteiger partial charge on any atom is 0.249 e. The molecule has 1 N–H and O–H groups in total. The first kappa shape index (κ1) is 9.48. The van der Waals surface area contributed by atoms with E-state index in [1.165, 1.54) is 0 Å². The lowest BCUT2D eigenvalue weighted by atomic mass is 10.2. The lowest BCUT2D eigenvalue weighted by Crippen LogP contribution is -2.27. The van der Waals surface area contributed by atoms with Crippen LogP contribution in [0.5, 0.6) is 0 Å². The van der Waals surface area contributed by atoms with Crippen LogP contribution in [-0.2, 0) is 14.3 Å². The van der Waals surface area contributed by atoms with Gasteiger partial charge in [-0.05, 0) is 6.92 Å². The van der Waals surface area contributed by atoms with E-state index < -0.39 is 0 Å². The maximum absolute atomic E-state index is 11.1. The van der Waals surface area contributed by atoms with Gasteiger partial charge in [0.2, 0.25) is 5.91 Å². The van der Waals surface area contributed by atoms with Crippen molar-refractivity contribution in [3.8, 4) is 0 Å². The summed E-state index contributed by atoms with van der Waals surface area (Å²) in [6.07, 6.45) is 0.498. The first-order valence-electron chi connectivity index (χ1n) is 4.15. The van der Waals surface area contributed by atoms with Crippen LogP contribution in [0.2, 0.25) is 0 Å². The van der Waals surface area contributed by atoms with E-state index >= 15 is 0 Å². The van der Waals surface area contributed by atoms with Gasteiger partial charge in [-0.1, -0.05) is 0 Å². The minimum atomic E-state index is -0.268. The number of hydrogen-bond acceptors (Lipinski definition) is 3. The molecule has 1 heterocycles. The Labute approximate surface area is 72.2 Å². The van der Waals surface area contributed by atoms with Crippen LogP contribution >= 0.6 is 0 Å². The highest BCUT2D eigenvalue weighted by atomic mass is 16.5. The molecule has 1 aliphatic heterocycles. The van der Waals surface area contributed by atoms with Crippen molar-refractivity contribution in [2.24, 2.45) is 0 Å². The van der Waals surface area contributed by atoms with E-state index in [9.17, 15) is 4.79 Å². The molecule has 1 amide bonds. The summed E-state index contributed by atoms with van der Waals surface area (Å²) in [7, 11) is 1.61. The summed E-state index contributed by atoms with van der Waals surface area (Å²) in [5.41, 5.74) is 0. The van der Waals surface area contributed by atoms with Crippen molar-refractivity contribution >= 4 is 5.91 Å². The summed E-state index contributed by atoms with van der Waals surface area (Å²) in [5, 5.41) is 2.79. The largest absolute Gasteiger partial charge is 0.382 e. The molecule has 0 spiro atoms. The van der Waals surface area contributed by atoms with Gasteiger partial charge in [0.05, 0.1) is 13.2 Å². The highest BCUT2D eigenvalue weighted by Gasteiger charge is 2.29. The fourth-order valence-electron chi connectivity index (χ4n) is 1.24. The predicted octanol–water partition coefficient (Wildman–Crippen LogP) is -0.0736. The average molecular weight is 173 g/mol. The van der Waals surface area contributed by atoms with Crippen molar-refractivity contribution in [3.63, 3.8) is 0 Å². The zero-order valence-corrected chi connectivity index (χ0v) is 7.50. The first-order valence-corrected chi connectivity index (χ1v) is 4.15. The molecule has 1 saturated heterocycles. The number of carbonyl (C=O) groups excluding carboxylic acids is 1. The Hall–Kier alpha value is -0.610. The van der Waals surface area contributed by atoms with Crippen LogP contribution in [0.3, 0.4) is 0 Å². The number of methoxy groups -OCH3 is 1. The average Bonchev–Trinajstić information content (AvgIpc) is 2.31. The van der Waals surface area contributed by atoms with E-state index in [0.717, 1.165) is 6.42 Å². The van der Waals surface area contributed by atoms with E-state index in [4.69, 9.17) is 9.47 Å². The fourth-order valence-corrected chi connectivity index (χ4v) is 1.24. The molecule has 2 unspecified atom stereocenters. The van der Waals surface area contributed by atoms with E-state index in [2.05, 4.69) is 5.32 Å². The molecule has 0 aromatic rings. The summed E-state index contributed by atoms with van der Waals surface area (Å²) in [4.78, 5) is 11.1. The normalized spacial score (nSPS) is 29.0. The monoisotopic (exact) mass is 173 g/mol. The molecule has 12 heavy (non-hydrogen) atoms. The first-order chi connectivity index (χ1) is 5.74. The Morgan fingerprint density at radius 2 is 2.33 bits per heavy atom. The molecular formula is C8H15NO3. The topological polar surface area (TPSA) is 47.6 Å². The van der Waals surface area contributed by atoms with Crippen LogP contribution in [0, 0.1) is 0 Å². The smallest absolute Gasteiger partial charge is 0.249 e. The minimum Gasteiger partial charge on any atom is -0.382 e. The van der Waals surface area contributed by atoms with Gasteiger partial charge in [-0.2, -0.15) is 0 Å². The lowest BCUT2D eigenvalue weighted by Gasteiger charge is -2.07. The van der Waals surface area contributed by atoms with Crippen molar-refractivity contribution in [2.45, 2.75) is 25.5 Å². The predicted molar refractivity (Wildman–Crippen MR) is 43.8 cm³/mol. The van der Waals surface area contributed by atoms with Crippen molar-refractivity contribution < 1.29 is 14.3 Å². The SMILES string of the molecule is COCCOC1CC(C)NC1=O. The van der Waals surface area contributed by atoms with E-state index in [1.54, 1.807) is 7.11 Å². The Kier molecular flexibility index (Phi) is 3.49. The van der Waals surface area contributed by atoms with Gasteiger partial charge in [0.25, 0.3) is 0 Å². The molecule has 0 saturated carbocycles. The van der Waals surface area contributed by atoms with Gasteiger partial charge < -0.3 is 14.8 Å². The van der Waals surface area contributed by atoms with Gasteiger partial charge in [-0.25, -0.2) is 0 Å². The van der Waals surface area contributed by atoms with Crippen LogP contribution in [0.1, 0.15) is 13.3 Å². The summed E-state index contributed by atoms with van der Waals surface area (Å²) in [6, 6.07) is 0.241. The molecular weight excluding hydrogens is 158 g/mol. The third-order valence-electron chi connectivity index (χ3n) is 1.86. The van der Waals surface area contributed by atoms with Crippen LogP contribution in [0.4, 0.5) is 0 Å². The molecule has 1 aliphatic rings. The van der Waals surface area contributed by atoms with Crippen LogP contribution in [0.25, 0.3) is 0 Å². The van der Waals surface area contributed by atoms with Crippen molar-refractivity contribution in [1.82, 2.24) is 5.32 Å². The number of ether oxygens (including phenoxy) is 2. The lowest BCUT2D eigenvalue weighted by molar-refractivity contribution is -0.129. The Morgan fingerprint density at radius 3 is 2.83 bits per heavy atom. The maximum atomic E-state index is 11.1. The van der Waals surface area contributed by atoms with Crippen molar-refractivity contribution in [3.05, 3.63) is 0 Å². The second-order valence-corrected chi connectivity index (χ2v) is 3.00. The number of amides is 1. The second kappa shape index (κ2) is 4.42. The van der Waals surface area contributed by atoms with Crippen LogP contribution in [0.15, 0.2) is 0 Å². The van der Waals surface area contributed by atoms with E-state index in [0.29, 0.717) is 13.2 Å². The third-order valence-corrected chi connectivity index (χ3v) is 1.86. The van der Waals surface area contributed by atoms with E-state index in [-0.39, 0.29) is 18.1 Å². The Morgan fingerprint density at radius 1 is 1.58 bits per heavy atom. The summed E-state index contributed by atoms with van der Waals surface area (Å²) in [6.45, 7) is 3.00. The van der Waals surface area contributed by atoms with E-state index in [1.807, 2.05) is 6.92 Å². The minimum absolute atomic E-state index is 0.00129. The van der Waals surface area contributed by atoms with Crippen LogP contribution in [-0.4, -0.2) is 38.4 Å². The summed E-state index contributed by atoms with van der Waals surface area (Å²) < 4.78 is 10.1. The highest BCUT2D eigenvalue weighted by Crippen LogP contribution is 2.10. The fraction of sp³-hybridized carbons (Fsp3) is 0.875. The molecule has 0 bridgehead atoms. The zero-order valence-electron chi connectivity index (χ0n) is 7.50. The molecule has 0 radical (unpaired) electrons. The van der Waals surface area contributed by atoms with Gasteiger partial charge in [-0.3, -0.25) is 4.79 Å². The number of carbonyl (C=O) groups is 1. The second-order valence-electron chi connectivity index (χ2n) is 3.00. The molecule has 0 aromatic carbocycles. The molecule has 1 rings (SSSR count). The standard InChI is InChI=1S/C8H15NO3/c1-6-5-7(8(10)9-6)12-4-3-11-2/h6-7H,3-5H2,1-2H3,(H,9,10). The summed E-state index contributed by atoms with van der Waals surface area (Å²) >= 11 is 0. The van der Waals surface area contributed by atoms with Gasteiger partial charge in [0.1, 0.15) is 6.10 Å². The Bertz CT molecular complexity index is 160. The number of nitrogens with one attached hydrogen (secondary N) is 1. The number of rotatable bonds is 4. The zero-order chi connectivity index (χ0) is 8.97. The molecule has 0 aliphatic carbocycles. The van der Waals surface area contributed by atoms with Gasteiger partial charge in [0.15, 0.2) is 0 Å².